The highest BCUT2D eigenvalue weighted by Crippen LogP contribution is 2.15. The Kier molecular flexibility index (Phi) is 4.34. The van der Waals surface area contributed by atoms with Crippen LogP contribution >= 0.6 is 0 Å². The minimum atomic E-state index is -0.567. The van der Waals surface area contributed by atoms with Crippen LogP contribution in [0.15, 0.2) is 5.16 Å². The Morgan fingerprint density at radius 2 is 1.88 bits per heavy atom. The summed E-state index contributed by atoms with van der Waals surface area (Å²) in [5.41, 5.74) is 5.46. The highest BCUT2D eigenvalue weighted by molar-refractivity contribution is 6.01. The monoisotopic (exact) mass is 242 g/mol. The fourth-order valence-corrected chi connectivity index (χ4v) is 2.07. The van der Waals surface area contributed by atoms with E-state index in [0.717, 1.165) is 0 Å². The molecule has 3 atom stereocenters. The molecule has 1 aliphatic rings. The van der Waals surface area contributed by atoms with Crippen molar-refractivity contribution in [2.45, 2.75) is 32.9 Å². The zero-order valence-electron chi connectivity index (χ0n) is 10.9. The Labute approximate surface area is 102 Å². The molecule has 0 bridgehead atoms. The van der Waals surface area contributed by atoms with Crippen molar-refractivity contribution in [3.63, 3.8) is 0 Å². The summed E-state index contributed by atoms with van der Waals surface area (Å²) >= 11 is 0. The van der Waals surface area contributed by atoms with Crippen LogP contribution in [0, 0.1) is 5.92 Å². The van der Waals surface area contributed by atoms with E-state index >= 15 is 0 Å². The maximum Gasteiger partial charge on any atom is 0.233 e. The normalized spacial score (nSPS) is 29.2. The molecule has 0 aliphatic carbocycles. The second-order valence-corrected chi connectivity index (χ2v) is 4.85. The Bertz CT molecular complexity index is 307. The molecule has 1 amide bonds. The van der Waals surface area contributed by atoms with E-state index in [1.165, 1.54) is 0 Å². The molecule has 0 aromatic carbocycles. The van der Waals surface area contributed by atoms with Crippen LogP contribution in [-0.4, -0.2) is 59.0 Å². The van der Waals surface area contributed by atoms with Crippen LogP contribution in [0.2, 0.25) is 0 Å². The molecule has 0 radical (unpaired) electrons. The van der Waals surface area contributed by atoms with Gasteiger partial charge < -0.3 is 15.8 Å². The number of amidine groups is 1. The second-order valence-electron chi connectivity index (χ2n) is 4.85. The number of carbonyl (C=O) groups is 1. The summed E-state index contributed by atoms with van der Waals surface area (Å²) < 4.78 is 0. The van der Waals surface area contributed by atoms with Gasteiger partial charge in [-0.15, -0.1) is 0 Å². The molecule has 1 aliphatic heterocycles. The van der Waals surface area contributed by atoms with Crippen LogP contribution in [0.4, 0.5) is 0 Å². The first-order valence-electron chi connectivity index (χ1n) is 5.86. The van der Waals surface area contributed by atoms with E-state index in [0.29, 0.717) is 25.2 Å². The Hall–Kier alpha value is -1.30. The first kappa shape index (κ1) is 13.8. The molecule has 98 valence electrons. The van der Waals surface area contributed by atoms with Gasteiger partial charge in [-0.1, -0.05) is 5.16 Å². The summed E-state index contributed by atoms with van der Waals surface area (Å²) in [5, 5.41) is 11.5. The van der Waals surface area contributed by atoms with Crippen molar-refractivity contribution in [2.75, 3.05) is 20.1 Å². The SMILES string of the molecule is CC(C(=O)N1CC(C)N(C)C(C)C1)C(N)=NO. The number of oxime groups is 1. The Morgan fingerprint density at radius 3 is 2.29 bits per heavy atom. The summed E-state index contributed by atoms with van der Waals surface area (Å²) in [7, 11) is 2.06. The molecule has 1 fully saturated rings. The third-order valence-corrected chi connectivity index (χ3v) is 3.60. The first-order valence-corrected chi connectivity index (χ1v) is 5.86. The number of likely N-dealkylation sites (N-methyl/N-ethyl adjacent to an activating group) is 1. The van der Waals surface area contributed by atoms with Gasteiger partial charge >= 0.3 is 0 Å². The molecule has 1 saturated heterocycles. The maximum absolute atomic E-state index is 12.1. The van der Waals surface area contributed by atoms with Crippen molar-refractivity contribution >= 4 is 11.7 Å². The van der Waals surface area contributed by atoms with Crippen molar-refractivity contribution in [1.29, 1.82) is 0 Å². The van der Waals surface area contributed by atoms with E-state index in [9.17, 15) is 4.79 Å². The largest absolute Gasteiger partial charge is 0.409 e. The van der Waals surface area contributed by atoms with Gasteiger partial charge in [0, 0.05) is 25.2 Å². The van der Waals surface area contributed by atoms with E-state index < -0.39 is 5.92 Å². The molecule has 0 saturated carbocycles. The minimum absolute atomic E-state index is 0.0331. The van der Waals surface area contributed by atoms with Gasteiger partial charge in [0.1, 0.15) is 0 Å². The fourth-order valence-electron chi connectivity index (χ4n) is 2.07. The van der Waals surface area contributed by atoms with Crippen LogP contribution < -0.4 is 5.73 Å². The lowest BCUT2D eigenvalue weighted by Gasteiger charge is -2.43. The summed E-state index contributed by atoms with van der Waals surface area (Å²) in [4.78, 5) is 16.2. The average Bonchev–Trinajstić information content (AvgIpc) is 2.32. The molecule has 6 heteroatoms. The minimum Gasteiger partial charge on any atom is -0.409 e. The van der Waals surface area contributed by atoms with Crippen molar-refractivity contribution in [2.24, 2.45) is 16.8 Å². The van der Waals surface area contributed by atoms with Crippen LogP contribution in [-0.2, 0) is 4.79 Å². The van der Waals surface area contributed by atoms with Crippen molar-refractivity contribution in [3.05, 3.63) is 0 Å². The zero-order valence-corrected chi connectivity index (χ0v) is 10.9. The van der Waals surface area contributed by atoms with Gasteiger partial charge in [0.05, 0.1) is 5.92 Å². The third kappa shape index (κ3) is 2.88. The van der Waals surface area contributed by atoms with E-state index in [-0.39, 0.29) is 11.7 Å². The predicted octanol–water partition coefficient (Wildman–Crippen LogP) is -0.0801. The van der Waals surface area contributed by atoms with Gasteiger partial charge in [-0.3, -0.25) is 9.69 Å². The molecule has 0 aromatic rings. The molecule has 1 rings (SSSR count). The highest BCUT2D eigenvalue weighted by atomic mass is 16.4. The van der Waals surface area contributed by atoms with Crippen molar-refractivity contribution in [3.8, 4) is 0 Å². The second kappa shape index (κ2) is 5.35. The Morgan fingerprint density at radius 1 is 1.41 bits per heavy atom. The highest BCUT2D eigenvalue weighted by Gasteiger charge is 2.32. The number of hydrogen-bond donors (Lipinski definition) is 2. The third-order valence-electron chi connectivity index (χ3n) is 3.60. The Balaban J connectivity index is 2.71. The molecule has 0 spiro atoms. The lowest BCUT2D eigenvalue weighted by atomic mass is 10.0. The smallest absolute Gasteiger partial charge is 0.233 e. The maximum atomic E-state index is 12.1. The quantitative estimate of drug-likeness (QED) is 0.307. The molecular formula is C11H22N4O2. The van der Waals surface area contributed by atoms with E-state index in [1.54, 1.807) is 11.8 Å². The zero-order chi connectivity index (χ0) is 13.2. The molecule has 3 unspecified atom stereocenters. The predicted molar refractivity (Wildman–Crippen MR) is 65.8 cm³/mol. The van der Waals surface area contributed by atoms with Gasteiger partial charge in [-0.05, 0) is 27.8 Å². The summed E-state index contributed by atoms with van der Waals surface area (Å²) in [6, 6.07) is 0.643. The number of amides is 1. The van der Waals surface area contributed by atoms with Gasteiger partial charge in [0.25, 0.3) is 0 Å². The standard InChI is InChI=1S/C11H22N4O2/c1-7-5-15(6-8(2)14(7)4)11(16)9(3)10(12)13-17/h7-9,17H,5-6H2,1-4H3,(H2,12,13). The number of piperazine rings is 1. The number of hydrogen-bond acceptors (Lipinski definition) is 4. The molecule has 17 heavy (non-hydrogen) atoms. The summed E-state index contributed by atoms with van der Waals surface area (Å²) in [5.74, 6) is -0.677. The molecular weight excluding hydrogens is 220 g/mol. The summed E-state index contributed by atoms with van der Waals surface area (Å²) in [6.45, 7) is 7.20. The van der Waals surface area contributed by atoms with Crippen molar-refractivity contribution < 1.29 is 10.0 Å². The van der Waals surface area contributed by atoms with E-state index in [1.807, 2.05) is 0 Å². The van der Waals surface area contributed by atoms with Gasteiger partial charge in [-0.25, -0.2) is 0 Å². The first-order chi connectivity index (χ1) is 7.88. The topological polar surface area (TPSA) is 82.2 Å². The number of carbonyl (C=O) groups excluding carboxylic acids is 1. The van der Waals surface area contributed by atoms with Gasteiger partial charge in [-0.2, -0.15) is 0 Å². The van der Waals surface area contributed by atoms with E-state index in [4.69, 9.17) is 10.9 Å². The van der Waals surface area contributed by atoms with Gasteiger partial charge in [0.2, 0.25) is 5.91 Å². The molecule has 0 aromatic heterocycles. The van der Waals surface area contributed by atoms with Crippen LogP contribution in [0.5, 0.6) is 0 Å². The lowest BCUT2D eigenvalue weighted by molar-refractivity contribution is -0.136. The van der Waals surface area contributed by atoms with E-state index in [2.05, 4.69) is 31.0 Å². The lowest BCUT2D eigenvalue weighted by Crippen LogP contribution is -2.58. The van der Waals surface area contributed by atoms with Crippen LogP contribution in [0.3, 0.4) is 0 Å². The molecule has 3 N–H and O–H groups in total. The number of nitrogens with zero attached hydrogens (tertiary/aromatic N) is 3. The van der Waals surface area contributed by atoms with Crippen molar-refractivity contribution in [1.82, 2.24) is 9.80 Å². The van der Waals surface area contributed by atoms with Crippen LogP contribution in [0.1, 0.15) is 20.8 Å². The van der Waals surface area contributed by atoms with Crippen LogP contribution in [0.25, 0.3) is 0 Å². The molecule has 1 heterocycles. The number of nitrogens with two attached hydrogens (primary N) is 1. The number of rotatable bonds is 2. The average molecular weight is 242 g/mol. The molecule has 6 nitrogen and oxygen atoms in total. The summed E-state index contributed by atoms with van der Waals surface area (Å²) in [6.07, 6.45) is 0. The fraction of sp³-hybridized carbons (Fsp3) is 0.818. The van der Waals surface area contributed by atoms with Gasteiger partial charge in [0.15, 0.2) is 5.84 Å².